The monoisotopic (exact) mass is 413 g/mol. The van der Waals surface area contributed by atoms with Gasteiger partial charge in [0.15, 0.2) is 5.69 Å². The van der Waals surface area contributed by atoms with E-state index in [1.165, 1.54) is 9.58 Å². The van der Waals surface area contributed by atoms with Crippen molar-refractivity contribution < 1.29 is 4.79 Å². The third-order valence-electron chi connectivity index (χ3n) is 5.28. The molecule has 0 saturated carbocycles. The van der Waals surface area contributed by atoms with Crippen molar-refractivity contribution in [1.29, 1.82) is 0 Å². The first-order chi connectivity index (χ1) is 14.7. The van der Waals surface area contributed by atoms with Crippen molar-refractivity contribution in [3.63, 3.8) is 0 Å². The van der Waals surface area contributed by atoms with Gasteiger partial charge in [0.2, 0.25) is 0 Å². The van der Waals surface area contributed by atoms with Gasteiger partial charge in [-0.1, -0.05) is 54.6 Å². The minimum Gasteiger partial charge on any atom is -0.344 e. The Hall–Kier alpha value is -3.38. The van der Waals surface area contributed by atoms with E-state index in [4.69, 9.17) is 0 Å². The number of para-hydroxylation sites is 1. The zero-order chi connectivity index (χ0) is 20.5. The van der Waals surface area contributed by atoms with Crippen LogP contribution in [-0.4, -0.2) is 21.4 Å². The first kappa shape index (κ1) is 18.6. The number of hydrogen-bond acceptors (Lipinski definition) is 4. The number of carbonyl (C=O) groups is 1. The molecule has 0 fully saturated rings. The average molecular weight is 414 g/mol. The van der Waals surface area contributed by atoms with Crippen LogP contribution >= 0.6 is 11.8 Å². The molecule has 1 unspecified atom stereocenters. The molecule has 1 N–H and O–H groups in total. The molecule has 30 heavy (non-hydrogen) atoms. The van der Waals surface area contributed by atoms with Crippen LogP contribution in [0.4, 0.5) is 0 Å². The highest BCUT2D eigenvalue weighted by Gasteiger charge is 2.25. The summed E-state index contributed by atoms with van der Waals surface area (Å²) < 4.78 is 1.31. The van der Waals surface area contributed by atoms with E-state index in [2.05, 4.69) is 22.5 Å². The number of fused-ring (bicyclic) bond motifs is 2. The van der Waals surface area contributed by atoms with Gasteiger partial charge >= 0.3 is 0 Å². The van der Waals surface area contributed by atoms with Crippen molar-refractivity contribution in [2.24, 2.45) is 0 Å². The summed E-state index contributed by atoms with van der Waals surface area (Å²) >= 11 is 1.81. The number of nitrogens with one attached hydrogen (secondary N) is 1. The molecule has 4 aromatic rings. The van der Waals surface area contributed by atoms with Crippen LogP contribution in [0.25, 0.3) is 16.5 Å². The van der Waals surface area contributed by atoms with Crippen LogP contribution < -0.4 is 10.9 Å². The number of benzene rings is 3. The minimum atomic E-state index is -0.275. The Labute approximate surface area is 177 Å². The Bertz CT molecular complexity index is 1300. The van der Waals surface area contributed by atoms with E-state index >= 15 is 0 Å². The van der Waals surface area contributed by atoms with Crippen molar-refractivity contribution in [1.82, 2.24) is 15.1 Å². The van der Waals surface area contributed by atoms with Gasteiger partial charge in [0, 0.05) is 16.0 Å². The first-order valence-corrected chi connectivity index (χ1v) is 10.8. The maximum atomic E-state index is 13.3. The summed E-state index contributed by atoms with van der Waals surface area (Å²) in [4.78, 5) is 27.6. The highest BCUT2D eigenvalue weighted by atomic mass is 32.2. The van der Waals surface area contributed by atoms with Gasteiger partial charge < -0.3 is 5.32 Å². The van der Waals surface area contributed by atoms with Crippen molar-refractivity contribution in [2.45, 2.75) is 17.4 Å². The molecule has 1 atom stereocenters. The van der Waals surface area contributed by atoms with Gasteiger partial charge in [-0.2, -0.15) is 9.78 Å². The highest BCUT2D eigenvalue weighted by molar-refractivity contribution is 7.99. The van der Waals surface area contributed by atoms with Gasteiger partial charge in [-0.15, -0.1) is 11.8 Å². The van der Waals surface area contributed by atoms with Crippen molar-refractivity contribution in [2.75, 3.05) is 5.75 Å². The highest BCUT2D eigenvalue weighted by Crippen LogP contribution is 2.36. The van der Waals surface area contributed by atoms with E-state index in [0.29, 0.717) is 16.5 Å². The minimum absolute atomic E-state index is 0.0763. The normalized spacial score (nSPS) is 15.5. The summed E-state index contributed by atoms with van der Waals surface area (Å²) in [5.41, 5.74) is 1.77. The molecule has 0 saturated heterocycles. The molecule has 6 heteroatoms. The maximum Gasteiger partial charge on any atom is 0.279 e. The van der Waals surface area contributed by atoms with Crippen LogP contribution in [0.5, 0.6) is 0 Å². The van der Waals surface area contributed by atoms with Crippen LogP contribution in [0, 0.1) is 0 Å². The molecule has 2 heterocycles. The van der Waals surface area contributed by atoms with E-state index in [1.807, 2.05) is 48.2 Å². The molecule has 5 rings (SSSR count). The summed E-state index contributed by atoms with van der Waals surface area (Å²) in [5.74, 6) is 0.669. The predicted molar refractivity (Wildman–Crippen MR) is 119 cm³/mol. The van der Waals surface area contributed by atoms with Gasteiger partial charge in [-0.25, -0.2) is 0 Å². The molecule has 148 valence electrons. The van der Waals surface area contributed by atoms with E-state index in [1.54, 1.807) is 30.3 Å². The molecule has 0 aliphatic carbocycles. The van der Waals surface area contributed by atoms with Gasteiger partial charge in [-0.3, -0.25) is 9.59 Å². The van der Waals surface area contributed by atoms with E-state index in [-0.39, 0.29) is 23.2 Å². The Balaban J connectivity index is 1.60. The van der Waals surface area contributed by atoms with Crippen LogP contribution in [0.3, 0.4) is 0 Å². The molecular formula is C24H19N3O2S. The van der Waals surface area contributed by atoms with E-state index < -0.39 is 0 Å². The molecular weight excluding hydrogens is 394 g/mol. The summed E-state index contributed by atoms with van der Waals surface area (Å²) in [7, 11) is 0. The van der Waals surface area contributed by atoms with Crippen LogP contribution in [0.15, 0.2) is 88.6 Å². The fourth-order valence-corrected chi connectivity index (χ4v) is 4.95. The lowest BCUT2D eigenvalue weighted by molar-refractivity contribution is 0.0930. The molecule has 1 aliphatic heterocycles. The third kappa shape index (κ3) is 3.29. The van der Waals surface area contributed by atoms with E-state index in [0.717, 1.165) is 17.7 Å². The fourth-order valence-electron chi connectivity index (χ4n) is 3.82. The first-order valence-electron chi connectivity index (χ1n) is 9.82. The molecule has 1 aromatic heterocycles. The predicted octanol–water partition coefficient (Wildman–Crippen LogP) is 4.35. The number of amides is 1. The summed E-state index contributed by atoms with van der Waals surface area (Å²) in [6, 6.07) is 24.4. The lowest BCUT2D eigenvalue weighted by Crippen LogP contribution is -2.33. The molecule has 0 spiro atoms. The van der Waals surface area contributed by atoms with Gasteiger partial charge in [0.05, 0.1) is 17.1 Å². The van der Waals surface area contributed by atoms with Crippen LogP contribution in [0.2, 0.25) is 0 Å². The Morgan fingerprint density at radius 3 is 2.47 bits per heavy atom. The lowest BCUT2D eigenvalue weighted by atomic mass is 10.0. The zero-order valence-corrected chi connectivity index (χ0v) is 16.9. The summed E-state index contributed by atoms with van der Waals surface area (Å²) in [6.07, 6.45) is 0.851. The molecule has 0 bridgehead atoms. The smallest absolute Gasteiger partial charge is 0.279 e. The molecule has 1 aliphatic rings. The zero-order valence-electron chi connectivity index (χ0n) is 16.1. The SMILES string of the molecule is O=C(NC1CCSc2ccccc21)c1nn(-c2ccccc2)c(=O)c2ccccc12. The van der Waals surface area contributed by atoms with Crippen molar-refractivity contribution in [3.8, 4) is 5.69 Å². The van der Waals surface area contributed by atoms with Gasteiger partial charge in [-0.05, 0) is 36.2 Å². The molecule has 1 amide bonds. The lowest BCUT2D eigenvalue weighted by Gasteiger charge is -2.26. The second-order valence-electron chi connectivity index (χ2n) is 7.15. The standard InChI is InChI=1S/C24H19N3O2S/c28-23(25-20-14-15-30-21-13-7-6-12-19(20)21)22-17-10-4-5-11-18(17)24(29)27(26-22)16-8-2-1-3-9-16/h1-13,20H,14-15H2,(H,25,28). The number of carbonyl (C=O) groups excluding carboxylic acids is 1. The quantitative estimate of drug-likeness (QED) is 0.542. The molecule has 0 radical (unpaired) electrons. The Morgan fingerprint density at radius 1 is 0.933 bits per heavy atom. The summed E-state index contributed by atoms with van der Waals surface area (Å²) in [5, 5.41) is 8.66. The number of rotatable bonds is 3. The number of aromatic nitrogens is 2. The van der Waals surface area contributed by atoms with Crippen LogP contribution in [-0.2, 0) is 0 Å². The Kier molecular flexibility index (Phi) is 4.85. The fraction of sp³-hybridized carbons (Fsp3) is 0.125. The molecule has 5 nitrogen and oxygen atoms in total. The molecule has 3 aromatic carbocycles. The second-order valence-corrected chi connectivity index (χ2v) is 8.28. The van der Waals surface area contributed by atoms with Crippen molar-refractivity contribution in [3.05, 3.63) is 100 Å². The number of nitrogens with zero attached hydrogens (tertiary/aromatic N) is 2. The van der Waals surface area contributed by atoms with Gasteiger partial charge in [0.1, 0.15) is 0 Å². The largest absolute Gasteiger partial charge is 0.344 e. The third-order valence-corrected chi connectivity index (χ3v) is 6.41. The van der Waals surface area contributed by atoms with Gasteiger partial charge in [0.25, 0.3) is 11.5 Å². The van der Waals surface area contributed by atoms with E-state index in [9.17, 15) is 9.59 Å². The number of thioether (sulfide) groups is 1. The average Bonchev–Trinajstić information content (AvgIpc) is 2.80. The number of hydrogen-bond donors (Lipinski definition) is 1. The summed E-state index contributed by atoms with van der Waals surface area (Å²) in [6.45, 7) is 0. The second kappa shape index (κ2) is 7.80. The topological polar surface area (TPSA) is 64.0 Å². The van der Waals surface area contributed by atoms with Crippen molar-refractivity contribution >= 4 is 28.4 Å². The Morgan fingerprint density at radius 2 is 1.63 bits per heavy atom. The maximum absolute atomic E-state index is 13.3. The van der Waals surface area contributed by atoms with Crippen LogP contribution in [0.1, 0.15) is 28.5 Å².